The monoisotopic (exact) mass is 736 g/mol. The van der Waals surface area contributed by atoms with E-state index < -0.39 is 71.2 Å². The molecule has 50 heavy (non-hydrogen) atoms. The van der Waals surface area contributed by atoms with E-state index in [2.05, 4.69) is 13.5 Å². The topological polar surface area (TPSA) is 186 Å². The Balaban J connectivity index is 2.48. The third-order valence-electron chi connectivity index (χ3n) is 8.99. The van der Waals surface area contributed by atoms with Crippen LogP contribution < -0.4 is 0 Å². The normalized spacial score (nSPS) is 21.5. The van der Waals surface area contributed by atoms with Gasteiger partial charge < -0.3 is 34.3 Å². The summed E-state index contributed by atoms with van der Waals surface area (Å²) >= 11 is 0. The molecule has 0 saturated carbocycles. The first-order valence-electron chi connectivity index (χ1n) is 19.2. The van der Waals surface area contributed by atoms with E-state index in [9.17, 15) is 37.9 Å². The van der Waals surface area contributed by atoms with Crippen LogP contribution in [0.3, 0.4) is 0 Å². The van der Waals surface area contributed by atoms with Crippen LogP contribution >= 0.6 is 0 Å². The molecule has 0 spiro atoms. The van der Waals surface area contributed by atoms with Crippen LogP contribution in [0.4, 0.5) is 0 Å². The standard InChI is InChI=1S/C37H68O12S/c1-3-5-7-9-11-12-13-14-15-16-17-18-20-22-24-26-33(39)48-30(27-46-32(38)25-23-21-19-10-8-6-4-2)28-47-37-36(42)35(41)34(40)31(49-37)29-50(43,44)45/h3,30-31,34-37,40-42H,1,4-29H2,2H3,(H,43,44,45)/t30-,31-,34-,35?,36?,37+/m1/s1. The van der Waals surface area contributed by atoms with Crippen molar-refractivity contribution in [3.05, 3.63) is 12.7 Å². The van der Waals surface area contributed by atoms with Crippen molar-refractivity contribution >= 4 is 22.1 Å². The summed E-state index contributed by atoms with van der Waals surface area (Å²) in [6.07, 6.45) is 16.2. The predicted molar refractivity (Wildman–Crippen MR) is 192 cm³/mol. The molecule has 0 aromatic carbocycles. The molecule has 0 radical (unpaired) electrons. The largest absolute Gasteiger partial charge is 0.462 e. The summed E-state index contributed by atoms with van der Waals surface area (Å²) in [5, 5.41) is 30.7. The molecular weight excluding hydrogens is 668 g/mol. The van der Waals surface area contributed by atoms with Gasteiger partial charge in [-0.1, -0.05) is 122 Å². The number of allylic oxidation sites excluding steroid dienone is 1. The predicted octanol–water partition coefficient (Wildman–Crippen LogP) is 6.33. The highest BCUT2D eigenvalue weighted by Crippen LogP contribution is 2.24. The van der Waals surface area contributed by atoms with E-state index in [1.807, 2.05) is 6.08 Å². The van der Waals surface area contributed by atoms with Gasteiger partial charge in [0.15, 0.2) is 12.4 Å². The smallest absolute Gasteiger partial charge is 0.306 e. The average Bonchev–Trinajstić information content (AvgIpc) is 3.07. The van der Waals surface area contributed by atoms with Gasteiger partial charge in [-0.25, -0.2) is 0 Å². The highest BCUT2D eigenvalue weighted by atomic mass is 32.2. The van der Waals surface area contributed by atoms with Crippen LogP contribution in [0.15, 0.2) is 12.7 Å². The molecule has 1 saturated heterocycles. The second-order valence-corrected chi connectivity index (χ2v) is 15.2. The van der Waals surface area contributed by atoms with Crippen LogP contribution in [0.25, 0.3) is 0 Å². The number of carbonyl (C=O) groups is 2. The van der Waals surface area contributed by atoms with Crippen LogP contribution in [0, 0.1) is 0 Å². The zero-order valence-electron chi connectivity index (χ0n) is 30.6. The molecule has 0 aromatic heterocycles. The molecule has 1 aliphatic heterocycles. The summed E-state index contributed by atoms with van der Waals surface area (Å²) in [5.41, 5.74) is 0. The van der Waals surface area contributed by atoms with Crippen molar-refractivity contribution in [2.45, 2.75) is 191 Å². The lowest BCUT2D eigenvalue weighted by Gasteiger charge is -2.40. The third-order valence-corrected chi connectivity index (χ3v) is 9.74. The summed E-state index contributed by atoms with van der Waals surface area (Å²) in [5.74, 6) is -1.99. The second kappa shape index (κ2) is 28.9. The van der Waals surface area contributed by atoms with E-state index in [1.165, 1.54) is 77.0 Å². The minimum atomic E-state index is -4.59. The zero-order chi connectivity index (χ0) is 37.0. The summed E-state index contributed by atoms with van der Waals surface area (Å²) in [6, 6.07) is 0. The lowest BCUT2D eigenvalue weighted by atomic mass is 10.00. The van der Waals surface area contributed by atoms with Crippen molar-refractivity contribution in [2.24, 2.45) is 0 Å². The van der Waals surface area contributed by atoms with E-state index in [0.29, 0.717) is 12.8 Å². The first-order chi connectivity index (χ1) is 24.0. The Morgan fingerprint density at radius 2 is 1.18 bits per heavy atom. The molecule has 0 aromatic rings. The number of ether oxygens (including phenoxy) is 4. The van der Waals surface area contributed by atoms with Crippen LogP contribution in [-0.4, -0.2) is 96.0 Å². The molecule has 6 atom stereocenters. The molecule has 12 nitrogen and oxygen atoms in total. The SMILES string of the molecule is C=CCCCCCCCCCCCCCCCC(=O)O[C@H](COC(=O)CCCCCCCCC)CO[C@H]1O[C@H](CS(=O)(=O)O)[C@@H](O)C(O)C1O. The van der Waals surface area contributed by atoms with Crippen LogP contribution in [0.5, 0.6) is 0 Å². The number of esters is 2. The molecule has 0 aliphatic carbocycles. The fraction of sp³-hybridized carbons (Fsp3) is 0.892. The van der Waals surface area contributed by atoms with Gasteiger partial charge in [-0.15, -0.1) is 6.58 Å². The fourth-order valence-corrected chi connectivity index (χ4v) is 6.64. The molecular formula is C37H68O12S. The lowest BCUT2D eigenvalue weighted by Crippen LogP contribution is -2.60. The molecule has 1 heterocycles. The Labute approximate surface area is 301 Å². The molecule has 4 N–H and O–H groups in total. The van der Waals surface area contributed by atoms with Gasteiger partial charge >= 0.3 is 11.9 Å². The maximum Gasteiger partial charge on any atom is 0.306 e. The Hall–Kier alpha value is -1.61. The van der Waals surface area contributed by atoms with Crippen molar-refractivity contribution in [1.29, 1.82) is 0 Å². The number of unbranched alkanes of at least 4 members (excludes halogenated alkanes) is 19. The molecule has 1 aliphatic rings. The summed E-state index contributed by atoms with van der Waals surface area (Å²) < 4.78 is 53.7. The van der Waals surface area contributed by atoms with E-state index in [-0.39, 0.29) is 19.4 Å². The minimum absolute atomic E-state index is 0.166. The first-order valence-corrected chi connectivity index (χ1v) is 20.8. The van der Waals surface area contributed by atoms with Crippen molar-refractivity contribution in [3.8, 4) is 0 Å². The van der Waals surface area contributed by atoms with Gasteiger partial charge in [-0.2, -0.15) is 8.42 Å². The van der Waals surface area contributed by atoms with Crippen molar-refractivity contribution in [3.63, 3.8) is 0 Å². The summed E-state index contributed by atoms with van der Waals surface area (Å²) in [6.45, 7) is 5.20. The minimum Gasteiger partial charge on any atom is -0.462 e. The van der Waals surface area contributed by atoms with E-state index in [0.717, 1.165) is 44.9 Å². The lowest BCUT2D eigenvalue weighted by molar-refractivity contribution is -0.297. The average molecular weight is 737 g/mol. The van der Waals surface area contributed by atoms with Crippen molar-refractivity contribution in [2.75, 3.05) is 19.0 Å². The molecule has 0 bridgehead atoms. The second-order valence-electron chi connectivity index (χ2n) is 13.7. The fourth-order valence-electron chi connectivity index (χ4n) is 5.95. The Bertz CT molecular complexity index is 991. The Morgan fingerprint density at radius 1 is 0.700 bits per heavy atom. The van der Waals surface area contributed by atoms with Gasteiger partial charge in [0.2, 0.25) is 0 Å². The van der Waals surface area contributed by atoms with Crippen LogP contribution in [0.1, 0.15) is 155 Å². The highest BCUT2D eigenvalue weighted by molar-refractivity contribution is 7.85. The van der Waals surface area contributed by atoms with E-state index >= 15 is 0 Å². The maximum absolute atomic E-state index is 12.7. The third kappa shape index (κ3) is 23.8. The highest BCUT2D eigenvalue weighted by Gasteiger charge is 2.46. The zero-order valence-corrected chi connectivity index (χ0v) is 31.4. The molecule has 1 fully saturated rings. The maximum atomic E-state index is 12.7. The van der Waals surface area contributed by atoms with Gasteiger partial charge in [0.1, 0.15) is 36.8 Å². The van der Waals surface area contributed by atoms with E-state index in [1.54, 1.807) is 0 Å². The summed E-state index contributed by atoms with van der Waals surface area (Å²) in [4.78, 5) is 25.1. The number of hydrogen-bond donors (Lipinski definition) is 4. The van der Waals surface area contributed by atoms with Crippen LogP contribution in [-0.2, 0) is 38.7 Å². The molecule has 2 unspecified atom stereocenters. The van der Waals surface area contributed by atoms with Gasteiger partial charge in [0.25, 0.3) is 10.1 Å². The molecule has 13 heteroatoms. The van der Waals surface area contributed by atoms with Gasteiger partial charge in [0.05, 0.1) is 6.61 Å². The van der Waals surface area contributed by atoms with E-state index in [4.69, 9.17) is 18.9 Å². The molecule has 0 amide bonds. The number of hydrogen-bond acceptors (Lipinski definition) is 11. The van der Waals surface area contributed by atoms with Gasteiger partial charge in [-0.05, 0) is 25.7 Å². The number of rotatable bonds is 32. The van der Waals surface area contributed by atoms with Crippen molar-refractivity contribution in [1.82, 2.24) is 0 Å². The van der Waals surface area contributed by atoms with Gasteiger partial charge in [0, 0.05) is 12.8 Å². The Kier molecular flexibility index (Phi) is 26.8. The molecule has 294 valence electrons. The number of carbonyl (C=O) groups excluding carboxylic acids is 2. The number of aliphatic hydroxyl groups excluding tert-OH is 3. The summed E-state index contributed by atoms with van der Waals surface area (Å²) in [7, 11) is -4.59. The first kappa shape index (κ1) is 46.4. The Morgan fingerprint density at radius 3 is 1.68 bits per heavy atom. The number of aliphatic hydroxyl groups is 3. The quantitative estimate of drug-likeness (QED) is 0.0261. The molecule has 1 rings (SSSR count). The van der Waals surface area contributed by atoms with Crippen molar-refractivity contribution < 1.29 is 56.8 Å². The van der Waals surface area contributed by atoms with Crippen LogP contribution in [0.2, 0.25) is 0 Å². The van der Waals surface area contributed by atoms with Gasteiger partial charge in [-0.3, -0.25) is 14.1 Å².